The summed E-state index contributed by atoms with van der Waals surface area (Å²) in [6.45, 7) is 14.5. The summed E-state index contributed by atoms with van der Waals surface area (Å²) >= 11 is 0. The van der Waals surface area contributed by atoms with Gasteiger partial charge in [0.25, 0.3) is 0 Å². The largest absolute Gasteiger partial charge is 0.444 e. The highest BCUT2D eigenvalue weighted by molar-refractivity contribution is 5.70. The minimum absolute atomic E-state index is 0.174. The molecule has 140 valence electrons. The summed E-state index contributed by atoms with van der Waals surface area (Å²) in [5.74, 6) is 1.01. The molecule has 0 aromatic rings. The van der Waals surface area contributed by atoms with Crippen LogP contribution >= 0.6 is 0 Å². The zero-order valence-corrected chi connectivity index (χ0v) is 16.7. The molecule has 1 rings (SSSR count). The molecule has 1 aliphatic heterocycles. The van der Waals surface area contributed by atoms with Gasteiger partial charge in [-0.15, -0.1) is 0 Å². The molecule has 1 fully saturated rings. The van der Waals surface area contributed by atoms with Crippen LogP contribution in [0.25, 0.3) is 0 Å². The van der Waals surface area contributed by atoms with E-state index in [4.69, 9.17) is 4.74 Å². The van der Waals surface area contributed by atoms with Crippen molar-refractivity contribution in [3.05, 3.63) is 0 Å². The lowest BCUT2D eigenvalue weighted by molar-refractivity contribution is -0.108. The van der Waals surface area contributed by atoms with Crippen LogP contribution in [0.3, 0.4) is 0 Å². The molecular weight excluding hydrogens is 302 g/mol. The normalized spacial score (nSPS) is 21.8. The molecule has 0 aromatic heterocycles. The summed E-state index contributed by atoms with van der Waals surface area (Å²) in [5.41, 5.74) is -0.655. The quantitative estimate of drug-likeness (QED) is 0.473. The average molecular weight is 340 g/mol. The Morgan fingerprint density at radius 3 is 2.46 bits per heavy atom. The summed E-state index contributed by atoms with van der Waals surface area (Å²) in [6.07, 6.45) is 6.41. The van der Waals surface area contributed by atoms with Crippen LogP contribution in [0.5, 0.6) is 0 Å². The number of carbonyl (C=O) groups excluding carboxylic acids is 2. The topological polar surface area (TPSA) is 46.6 Å². The van der Waals surface area contributed by atoms with Crippen LogP contribution in [-0.2, 0) is 9.53 Å². The second-order valence-electron chi connectivity index (χ2n) is 9.26. The summed E-state index contributed by atoms with van der Waals surface area (Å²) in [4.78, 5) is 25.5. The zero-order valence-electron chi connectivity index (χ0n) is 16.7. The maximum atomic E-state index is 12.9. The second kappa shape index (κ2) is 8.35. The molecule has 1 aliphatic rings. The molecule has 1 heterocycles. The second-order valence-corrected chi connectivity index (χ2v) is 9.26. The van der Waals surface area contributed by atoms with Gasteiger partial charge in [0.2, 0.25) is 0 Å². The van der Waals surface area contributed by atoms with Crippen molar-refractivity contribution in [2.75, 3.05) is 0 Å². The van der Waals surface area contributed by atoms with Gasteiger partial charge >= 0.3 is 6.09 Å². The van der Waals surface area contributed by atoms with Crippen LogP contribution in [0, 0.1) is 11.8 Å². The minimum atomic E-state index is -0.481. The van der Waals surface area contributed by atoms with Crippen molar-refractivity contribution in [2.24, 2.45) is 11.8 Å². The predicted molar refractivity (Wildman–Crippen MR) is 98.0 cm³/mol. The molecule has 2 unspecified atom stereocenters. The van der Waals surface area contributed by atoms with Gasteiger partial charge in [-0.1, -0.05) is 13.8 Å². The van der Waals surface area contributed by atoms with Gasteiger partial charge in [0.15, 0.2) is 0 Å². The molecule has 4 nitrogen and oxygen atoms in total. The standard InChI is InChI=1S/C20H37NO3/c1-15(2)14-16(10-8-9-13-22)17-11-12-20(6,7)21(17)18(23)24-19(3,4)5/h13,15-17H,8-12,14H2,1-7H3. The Labute approximate surface area is 148 Å². The van der Waals surface area contributed by atoms with Crippen molar-refractivity contribution in [1.29, 1.82) is 0 Å². The van der Waals surface area contributed by atoms with Crippen molar-refractivity contribution in [2.45, 2.75) is 104 Å². The Morgan fingerprint density at radius 1 is 1.33 bits per heavy atom. The van der Waals surface area contributed by atoms with Crippen molar-refractivity contribution in [3.8, 4) is 0 Å². The maximum absolute atomic E-state index is 12.9. The molecule has 0 aliphatic carbocycles. The number of nitrogens with zero attached hydrogens (tertiary/aromatic N) is 1. The van der Waals surface area contributed by atoms with E-state index in [2.05, 4.69) is 27.7 Å². The first-order chi connectivity index (χ1) is 11.0. The van der Waals surface area contributed by atoms with Crippen LogP contribution in [0.4, 0.5) is 4.79 Å². The zero-order chi connectivity index (χ0) is 18.5. The molecular formula is C20H37NO3. The number of hydrogen-bond acceptors (Lipinski definition) is 3. The van der Waals surface area contributed by atoms with Crippen LogP contribution < -0.4 is 0 Å². The summed E-state index contributed by atoms with van der Waals surface area (Å²) in [6, 6.07) is 0.212. The molecule has 4 heteroatoms. The van der Waals surface area contributed by atoms with Crippen molar-refractivity contribution in [3.63, 3.8) is 0 Å². The first-order valence-electron chi connectivity index (χ1n) is 9.44. The maximum Gasteiger partial charge on any atom is 0.410 e. The van der Waals surface area contributed by atoms with Crippen molar-refractivity contribution >= 4 is 12.4 Å². The molecule has 24 heavy (non-hydrogen) atoms. The molecule has 0 N–H and O–H groups in total. The molecule has 0 spiro atoms. The summed E-state index contributed by atoms with van der Waals surface area (Å²) in [5, 5.41) is 0. The van der Waals surface area contributed by atoms with Crippen LogP contribution in [0.2, 0.25) is 0 Å². The van der Waals surface area contributed by atoms with E-state index in [1.54, 1.807) is 0 Å². The molecule has 1 saturated heterocycles. The Hall–Kier alpha value is -1.06. The van der Waals surface area contributed by atoms with Crippen molar-refractivity contribution in [1.82, 2.24) is 4.90 Å². The van der Waals surface area contributed by atoms with Gasteiger partial charge in [-0.3, -0.25) is 4.90 Å². The first-order valence-corrected chi connectivity index (χ1v) is 9.44. The van der Waals surface area contributed by atoms with Gasteiger partial charge in [-0.2, -0.15) is 0 Å². The number of amides is 1. The number of likely N-dealkylation sites (tertiary alicyclic amines) is 1. The fourth-order valence-corrected chi connectivity index (χ4v) is 3.88. The van der Waals surface area contributed by atoms with E-state index in [9.17, 15) is 9.59 Å². The van der Waals surface area contributed by atoms with Crippen LogP contribution in [0.15, 0.2) is 0 Å². The van der Waals surface area contributed by atoms with E-state index in [0.717, 1.165) is 38.4 Å². The fourth-order valence-electron chi connectivity index (χ4n) is 3.88. The number of ether oxygens (including phenoxy) is 1. The SMILES string of the molecule is CC(C)CC(CCCC=O)C1CCC(C)(C)N1C(=O)OC(C)(C)C. The van der Waals surface area contributed by atoms with Gasteiger partial charge in [-0.05, 0) is 78.6 Å². The number of carbonyl (C=O) groups is 2. The third-order valence-electron chi connectivity index (χ3n) is 4.84. The minimum Gasteiger partial charge on any atom is -0.444 e. The van der Waals surface area contributed by atoms with Gasteiger partial charge in [0.1, 0.15) is 11.9 Å². The highest BCUT2D eigenvalue weighted by Gasteiger charge is 2.46. The number of hydrogen-bond donors (Lipinski definition) is 0. The third kappa shape index (κ3) is 6.10. The van der Waals surface area contributed by atoms with Gasteiger partial charge in [0.05, 0.1) is 0 Å². The molecule has 0 saturated carbocycles. The predicted octanol–water partition coefficient (Wildman–Crippen LogP) is 5.20. The lowest BCUT2D eigenvalue weighted by atomic mass is 9.85. The monoisotopic (exact) mass is 339 g/mol. The van der Waals surface area contributed by atoms with Gasteiger partial charge < -0.3 is 9.53 Å². The molecule has 0 aromatic carbocycles. The molecule has 0 radical (unpaired) electrons. The van der Waals surface area contributed by atoms with E-state index in [1.807, 2.05) is 25.7 Å². The summed E-state index contributed by atoms with van der Waals surface area (Å²) < 4.78 is 5.70. The molecule has 0 bridgehead atoms. The number of rotatable bonds is 7. The Morgan fingerprint density at radius 2 is 1.96 bits per heavy atom. The van der Waals surface area contributed by atoms with E-state index in [-0.39, 0.29) is 17.7 Å². The smallest absolute Gasteiger partial charge is 0.410 e. The highest BCUT2D eigenvalue weighted by atomic mass is 16.6. The van der Waals surface area contributed by atoms with E-state index >= 15 is 0 Å². The van der Waals surface area contributed by atoms with Crippen LogP contribution in [0.1, 0.15) is 87.0 Å². The first kappa shape index (κ1) is 21.0. The Bertz CT molecular complexity index is 423. The fraction of sp³-hybridized carbons (Fsp3) is 0.900. The van der Waals surface area contributed by atoms with Gasteiger partial charge in [-0.25, -0.2) is 4.79 Å². The highest BCUT2D eigenvalue weighted by Crippen LogP contribution is 2.41. The average Bonchev–Trinajstić information content (AvgIpc) is 2.71. The molecule has 2 atom stereocenters. The van der Waals surface area contributed by atoms with Crippen molar-refractivity contribution < 1.29 is 14.3 Å². The van der Waals surface area contributed by atoms with Gasteiger partial charge in [0, 0.05) is 18.0 Å². The molecule has 1 amide bonds. The lowest BCUT2D eigenvalue weighted by Gasteiger charge is -2.40. The van der Waals surface area contributed by atoms with Crippen LogP contribution in [-0.4, -0.2) is 34.5 Å². The summed E-state index contributed by atoms with van der Waals surface area (Å²) in [7, 11) is 0. The Kier molecular flexibility index (Phi) is 7.30. The van der Waals surface area contributed by atoms with E-state index in [1.165, 1.54) is 0 Å². The van der Waals surface area contributed by atoms with E-state index < -0.39 is 5.60 Å². The Balaban J connectivity index is 2.96. The number of aldehydes is 1. The number of unbranched alkanes of at least 4 members (excludes halogenated alkanes) is 1. The lowest BCUT2D eigenvalue weighted by Crippen LogP contribution is -2.51. The van der Waals surface area contributed by atoms with E-state index in [0.29, 0.717) is 18.3 Å². The third-order valence-corrected chi connectivity index (χ3v) is 4.84.